The highest BCUT2D eigenvalue weighted by atomic mass is 79.9. The van der Waals surface area contributed by atoms with E-state index in [9.17, 15) is 4.79 Å². The maximum absolute atomic E-state index is 11.9. The first-order valence-corrected chi connectivity index (χ1v) is 7.83. The first-order chi connectivity index (χ1) is 8.65. The number of aliphatic hydroxyl groups excluding tert-OH is 1. The van der Waals surface area contributed by atoms with E-state index < -0.39 is 0 Å². The van der Waals surface area contributed by atoms with Crippen LogP contribution in [0.3, 0.4) is 0 Å². The minimum absolute atomic E-state index is 0.0310. The number of thioether (sulfide) groups is 1. The fourth-order valence-electron chi connectivity index (χ4n) is 1.44. The summed E-state index contributed by atoms with van der Waals surface area (Å²) in [5, 5.41) is 11.5. The van der Waals surface area contributed by atoms with Crippen LogP contribution in [0, 0.1) is 6.92 Å². The molecule has 1 rings (SSSR count). The van der Waals surface area contributed by atoms with Crippen molar-refractivity contribution in [2.75, 3.05) is 24.7 Å². The Hall–Kier alpha value is -0.520. The van der Waals surface area contributed by atoms with Gasteiger partial charge in [-0.2, -0.15) is 11.8 Å². The average Bonchev–Trinajstić information content (AvgIpc) is 2.36. The average molecular weight is 332 g/mol. The Bertz CT molecular complexity index is 399. The summed E-state index contributed by atoms with van der Waals surface area (Å²) in [7, 11) is 0. The van der Waals surface area contributed by atoms with E-state index in [0.29, 0.717) is 12.1 Å². The van der Waals surface area contributed by atoms with Crippen molar-refractivity contribution in [1.82, 2.24) is 5.32 Å². The van der Waals surface area contributed by atoms with E-state index in [1.165, 1.54) is 0 Å². The minimum atomic E-state index is -0.0310. The van der Waals surface area contributed by atoms with Crippen LogP contribution in [-0.2, 0) is 0 Å². The van der Waals surface area contributed by atoms with Gasteiger partial charge in [-0.05, 0) is 36.8 Å². The number of rotatable bonds is 7. The van der Waals surface area contributed by atoms with E-state index in [-0.39, 0.29) is 12.5 Å². The highest BCUT2D eigenvalue weighted by Crippen LogP contribution is 2.15. The number of benzene rings is 1. The Balaban J connectivity index is 2.34. The van der Waals surface area contributed by atoms with Crippen LogP contribution >= 0.6 is 27.7 Å². The Morgan fingerprint density at radius 2 is 2.22 bits per heavy atom. The van der Waals surface area contributed by atoms with Gasteiger partial charge in [-0.3, -0.25) is 4.79 Å². The van der Waals surface area contributed by atoms with Gasteiger partial charge in [-0.25, -0.2) is 0 Å². The fourth-order valence-corrected chi connectivity index (χ4v) is 2.58. The van der Waals surface area contributed by atoms with Crippen LogP contribution in [0.4, 0.5) is 0 Å². The van der Waals surface area contributed by atoms with Gasteiger partial charge in [-0.15, -0.1) is 0 Å². The standard InChI is InChI=1S/C13H18BrNO2S/c1-10-3-4-11(14)9-12(10)13(17)15-5-8-18-7-2-6-16/h3-4,9,16H,2,5-8H2,1H3,(H,15,17). The van der Waals surface area contributed by atoms with Crippen LogP contribution in [0.1, 0.15) is 22.3 Å². The molecule has 1 aromatic carbocycles. The molecule has 0 spiro atoms. The lowest BCUT2D eigenvalue weighted by Gasteiger charge is -2.08. The number of amides is 1. The summed E-state index contributed by atoms with van der Waals surface area (Å²) < 4.78 is 0.913. The number of aliphatic hydroxyl groups is 1. The van der Waals surface area contributed by atoms with E-state index >= 15 is 0 Å². The molecule has 0 aliphatic rings. The number of carbonyl (C=O) groups is 1. The van der Waals surface area contributed by atoms with Crippen LogP contribution in [0.15, 0.2) is 22.7 Å². The van der Waals surface area contributed by atoms with Gasteiger partial charge in [0, 0.05) is 28.9 Å². The molecule has 0 aliphatic heterocycles. The molecule has 0 radical (unpaired) electrons. The van der Waals surface area contributed by atoms with Crippen LogP contribution in [0.25, 0.3) is 0 Å². The molecule has 3 nitrogen and oxygen atoms in total. The van der Waals surface area contributed by atoms with Crippen molar-refractivity contribution in [1.29, 1.82) is 0 Å². The monoisotopic (exact) mass is 331 g/mol. The third-order valence-corrected chi connectivity index (χ3v) is 3.99. The fraction of sp³-hybridized carbons (Fsp3) is 0.462. The molecule has 1 aromatic rings. The Labute approximate surface area is 120 Å². The molecule has 18 heavy (non-hydrogen) atoms. The molecule has 2 N–H and O–H groups in total. The van der Waals surface area contributed by atoms with Crippen molar-refractivity contribution in [3.8, 4) is 0 Å². The Kier molecular flexibility index (Phi) is 7.39. The molecular weight excluding hydrogens is 314 g/mol. The van der Waals surface area contributed by atoms with Crippen LogP contribution < -0.4 is 5.32 Å². The Morgan fingerprint density at radius 3 is 2.94 bits per heavy atom. The summed E-state index contributed by atoms with van der Waals surface area (Å²) in [5.74, 6) is 1.78. The predicted molar refractivity (Wildman–Crippen MR) is 80.2 cm³/mol. The van der Waals surface area contributed by atoms with E-state index in [4.69, 9.17) is 5.11 Å². The van der Waals surface area contributed by atoms with Crippen molar-refractivity contribution in [2.24, 2.45) is 0 Å². The van der Waals surface area contributed by atoms with Crippen molar-refractivity contribution in [3.63, 3.8) is 0 Å². The Morgan fingerprint density at radius 1 is 1.44 bits per heavy atom. The topological polar surface area (TPSA) is 49.3 Å². The quantitative estimate of drug-likeness (QED) is 0.755. The normalized spacial score (nSPS) is 10.4. The molecule has 0 heterocycles. The molecule has 100 valence electrons. The van der Waals surface area contributed by atoms with Gasteiger partial charge in [0.15, 0.2) is 0 Å². The lowest BCUT2D eigenvalue weighted by Crippen LogP contribution is -2.26. The lowest BCUT2D eigenvalue weighted by atomic mass is 10.1. The van der Waals surface area contributed by atoms with Crippen LogP contribution in [0.2, 0.25) is 0 Å². The number of nitrogens with one attached hydrogen (secondary N) is 1. The van der Waals surface area contributed by atoms with Gasteiger partial charge in [-0.1, -0.05) is 22.0 Å². The highest BCUT2D eigenvalue weighted by Gasteiger charge is 2.08. The zero-order valence-corrected chi connectivity index (χ0v) is 12.8. The summed E-state index contributed by atoms with van der Waals surface area (Å²) in [5.41, 5.74) is 1.69. The lowest BCUT2D eigenvalue weighted by molar-refractivity contribution is 0.0955. The number of carbonyl (C=O) groups excluding carboxylic acids is 1. The molecule has 0 fully saturated rings. The number of halogens is 1. The van der Waals surface area contributed by atoms with E-state index in [2.05, 4.69) is 21.2 Å². The van der Waals surface area contributed by atoms with Crippen LogP contribution in [0.5, 0.6) is 0 Å². The number of hydrogen-bond acceptors (Lipinski definition) is 3. The molecule has 0 saturated carbocycles. The first-order valence-electron chi connectivity index (χ1n) is 5.88. The van der Waals surface area contributed by atoms with E-state index in [0.717, 1.165) is 28.0 Å². The third-order valence-electron chi connectivity index (χ3n) is 2.42. The maximum Gasteiger partial charge on any atom is 0.251 e. The van der Waals surface area contributed by atoms with Crippen molar-refractivity contribution in [2.45, 2.75) is 13.3 Å². The van der Waals surface area contributed by atoms with Crippen molar-refractivity contribution < 1.29 is 9.90 Å². The second-order valence-electron chi connectivity index (χ2n) is 3.90. The van der Waals surface area contributed by atoms with Gasteiger partial charge < -0.3 is 10.4 Å². The van der Waals surface area contributed by atoms with Crippen molar-refractivity contribution in [3.05, 3.63) is 33.8 Å². The zero-order chi connectivity index (χ0) is 13.4. The number of aryl methyl sites for hydroxylation is 1. The molecule has 1 amide bonds. The summed E-state index contributed by atoms with van der Waals surface area (Å²) in [6, 6.07) is 5.69. The van der Waals surface area contributed by atoms with Gasteiger partial charge in [0.05, 0.1) is 0 Å². The van der Waals surface area contributed by atoms with Crippen molar-refractivity contribution >= 4 is 33.6 Å². The highest BCUT2D eigenvalue weighted by molar-refractivity contribution is 9.10. The van der Waals surface area contributed by atoms with Crippen LogP contribution in [-0.4, -0.2) is 35.7 Å². The largest absolute Gasteiger partial charge is 0.396 e. The second-order valence-corrected chi connectivity index (χ2v) is 6.05. The summed E-state index contributed by atoms with van der Waals surface area (Å²) >= 11 is 5.11. The molecule has 0 unspecified atom stereocenters. The summed E-state index contributed by atoms with van der Waals surface area (Å²) in [4.78, 5) is 11.9. The summed E-state index contributed by atoms with van der Waals surface area (Å²) in [6.45, 7) is 2.81. The van der Waals surface area contributed by atoms with Gasteiger partial charge in [0.2, 0.25) is 0 Å². The molecule has 0 bridgehead atoms. The van der Waals surface area contributed by atoms with Gasteiger partial charge in [0.25, 0.3) is 5.91 Å². The minimum Gasteiger partial charge on any atom is -0.396 e. The third kappa shape index (κ3) is 5.42. The molecule has 0 saturated heterocycles. The SMILES string of the molecule is Cc1ccc(Br)cc1C(=O)NCCSCCCO. The summed E-state index contributed by atoms with van der Waals surface area (Å²) in [6.07, 6.45) is 0.809. The number of hydrogen-bond donors (Lipinski definition) is 2. The van der Waals surface area contributed by atoms with E-state index in [1.54, 1.807) is 11.8 Å². The molecule has 0 aromatic heterocycles. The molecule has 5 heteroatoms. The zero-order valence-electron chi connectivity index (χ0n) is 10.4. The smallest absolute Gasteiger partial charge is 0.251 e. The molecule has 0 atom stereocenters. The van der Waals surface area contributed by atoms with Gasteiger partial charge >= 0.3 is 0 Å². The predicted octanol–water partition coefficient (Wildman–Crippen LogP) is 2.60. The second kappa shape index (κ2) is 8.56. The maximum atomic E-state index is 11.9. The molecular formula is C13H18BrNO2S. The molecule has 0 aliphatic carbocycles. The first kappa shape index (κ1) is 15.5. The van der Waals surface area contributed by atoms with Gasteiger partial charge in [0.1, 0.15) is 0 Å². The van der Waals surface area contributed by atoms with E-state index in [1.807, 2.05) is 25.1 Å².